The fraction of sp³-hybridized carbons (Fsp3) is 0.300. The van der Waals surface area contributed by atoms with Crippen LogP contribution in [-0.2, 0) is 19.2 Å². The lowest BCUT2D eigenvalue weighted by molar-refractivity contribution is -0.127. The zero-order valence-electron chi connectivity index (χ0n) is 31.7. The lowest BCUT2D eigenvalue weighted by Crippen LogP contribution is -2.31. The normalized spacial score (nSPS) is 12.2. The fourth-order valence-electron chi connectivity index (χ4n) is 5.13. The highest BCUT2D eigenvalue weighted by Crippen LogP contribution is 2.38. The van der Waals surface area contributed by atoms with E-state index in [1.54, 1.807) is 66.7 Å². The molecule has 16 heteroatoms. The van der Waals surface area contributed by atoms with Gasteiger partial charge in [-0.2, -0.15) is 20.5 Å². The first-order chi connectivity index (χ1) is 26.8. The maximum Gasteiger partial charge on any atom is 0.258 e. The molecule has 0 aliphatic heterocycles. The quantitative estimate of drug-likeness (QED) is 0.0695. The molecule has 2 amide bonds. The summed E-state index contributed by atoms with van der Waals surface area (Å²) >= 11 is 13.2. The molecule has 0 bridgehead atoms. The predicted octanol–water partition coefficient (Wildman–Crippen LogP) is 9.62. The van der Waals surface area contributed by atoms with Crippen LogP contribution in [0.5, 0.6) is 23.0 Å². The highest BCUT2D eigenvalue weighted by molar-refractivity contribution is 6.37. The summed E-state index contributed by atoms with van der Waals surface area (Å²) in [4.78, 5) is 51.1. The molecule has 2 unspecified atom stereocenters. The molecule has 56 heavy (non-hydrogen) atoms. The van der Waals surface area contributed by atoms with E-state index in [0.29, 0.717) is 77.6 Å². The Balaban J connectivity index is 1.47. The molecule has 0 saturated heterocycles. The largest absolute Gasteiger partial charge is 0.494 e. The molecule has 0 aliphatic rings. The van der Waals surface area contributed by atoms with Crippen LogP contribution in [0.4, 0.5) is 22.7 Å². The number of Topliss-reactive ketones (excluding diaryl/α,β-unsaturated/α-hetero) is 2. The highest BCUT2D eigenvalue weighted by Gasteiger charge is 2.25. The van der Waals surface area contributed by atoms with Crippen molar-refractivity contribution in [2.45, 2.75) is 53.6 Å². The van der Waals surface area contributed by atoms with E-state index in [0.717, 1.165) is 0 Å². The number of amides is 2. The monoisotopic (exact) mass is 804 g/mol. The van der Waals surface area contributed by atoms with E-state index in [4.69, 9.17) is 42.1 Å². The van der Waals surface area contributed by atoms with E-state index in [1.165, 1.54) is 19.9 Å². The Morgan fingerprint density at radius 1 is 0.571 bits per heavy atom. The van der Waals surface area contributed by atoms with Gasteiger partial charge in [-0.15, -0.1) is 0 Å². The molecule has 0 fully saturated rings. The molecule has 0 aromatic heterocycles. The Kier molecular flexibility index (Phi) is 15.9. The Hall–Kier alpha value is -5.86. The van der Waals surface area contributed by atoms with Crippen molar-refractivity contribution >= 4 is 69.3 Å². The second-order valence-electron chi connectivity index (χ2n) is 11.9. The lowest BCUT2D eigenvalue weighted by atomic mass is 10.0. The molecular formula is C40H42Cl2N6O8. The van der Waals surface area contributed by atoms with Crippen molar-refractivity contribution < 1.29 is 38.1 Å². The number of hydrogen-bond acceptors (Lipinski definition) is 12. The van der Waals surface area contributed by atoms with Gasteiger partial charge in [0, 0.05) is 53.3 Å². The van der Waals surface area contributed by atoms with Crippen molar-refractivity contribution in [2.75, 3.05) is 37.1 Å². The standard InChI is InChI=1S/C40H42Cl2N6O8/c1-7-53-29-15-27(16-30(19-29)54-8-2)43-39(51)37(23(5)49)47-45-26-13-11-25(12-14-26)33-21-35(42)36(22-34(33)41)46-48-38(24(6)50)40(52)44-28-17-31(55-9-3)20-32(18-28)56-10-4/h11-22,37-38H,7-10H2,1-6H3,(H,43,51)(H,44,52). The maximum absolute atomic E-state index is 13.1. The molecule has 294 valence electrons. The molecule has 4 aromatic carbocycles. The Bertz CT molecular complexity index is 2060. The Morgan fingerprint density at radius 2 is 0.982 bits per heavy atom. The summed E-state index contributed by atoms with van der Waals surface area (Å²) in [5, 5.41) is 22.0. The van der Waals surface area contributed by atoms with Crippen LogP contribution >= 0.6 is 23.2 Å². The van der Waals surface area contributed by atoms with Crippen LogP contribution in [0.25, 0.3) is 11.1 Å². The smallest absolute Gasteiger partial charge is 0.258 e. The molecule has 2 N–H and O–H groups in total. The molecule has 0 radical (unpaired) electrons. The number of ether oxygens (including phenoxy) is 4. The predicted molar refractivity (Wildman–Crippen MR) is 215 cm³/mol. The number of azo groups is 2. The van der Waals surface area contributed by atoms with Crippen molar-refractivity contribution in [2.24, 2.45) is 20.5 Å². The average Bonchev–Trinajstić information content (AvgIpc) is 3.13. The second-order valence-corrected chi connectivity index (χ2v) is 12.7. The number of carbonyl (C=O) groups excluding carboxylic acids is 4. The molecule has 2 atom stereocenters. The number of ketones is 2. The third-order valence-corrected chi connectivity index (χ3v) is 8.21. The van der Waals surface area contributed by atoms with Gasteiger partial charge in [0.25, 0.3) is 11.8 Å². The number of nitrogens with zero attached hydrogens (tertiary/aromatic N) is 4. The van der Waals surface area contributed by atoms with Crippen molar-refractivity contribution in [1.82, 2.24) is 0 Å². The van der Waals surface area contributed by atoms with Crippen LogP contribution < -0.4 is 29.6 Å². The lowest BCUT2D eigenvalue weighted by Gasteiger charge is -2.13. The van der Waals surface area contributed by atoms with E-state index in [1.807, 2.05) is 27.7 Å². The summed E-state index contributed by atoms with van der Waals surface area (Å²) < 4.78 is 22.2. The minimum atomic E-state index is -1.48. The van der Waals surface area contributed by atoms with Crippen LogP contribution in [0.3, 0.4) is 0 Å². The maximum atomic E-state index is 13.1. The average molecular weight is 806 g/mol. The number of carbonyl (C=O) groups is 4. The van der Waals surface area contributed by atoms with Gasteiger partial charge in [-0.25, -0.2) is 0 Å². The first kappa shape index (κ1) is 42.9. The highest BCUT2D eigenvalue weighted by atomic mass is 35.5. The summed E-state index contributed by atoms with van der Waals surface area (Å²) in [6, 6.07) is 16.7. The topological polar surface area (TPSA) is 179 Å². The van der Waals surface area contributed by atoms with Gasteiger partial charge in [0.1, 0.15) is 28.7 Å². The summed E-state index contributed by atoms with van der Waals surface area (Å²) in [7, 11) is 0. The van der Waals surface area contributed by atoms with E-state index >= 15 is 0 Å². The molecule has 0 saturated carbocycles. The van der Waals surface area contributed by atoms with Gasteiger partial charge in [0.15, 0.2) is 11.6 Å². The number of rotatable bonds is 19. The molecule has 4 aromatic rings. The minimum Gasteiger partial charge on any atom is -0.494 e. The van der Waals surface area contributed by atoms with Crippen LogP contribution in [-0.4, -0.2) is 61.9 Å². The number of nitrogens with one attached hydrogen (secondary N) is 2. The third kappa shape index (κ3) is 12.1. The van der Waals surface area contributed by atoms with Crippen LogP contribution in [0.2, 0.25) is 10.0 Å². The van der Waals surface area contributed by atoms with Gasteiger partial charge in [-0.3, -0.25) is 19.2 Å². The zero-order chi connectivity index (χ0) is 40.8. The minimum absolute atomic E-state index is 0.133. The van der Waals surface area contributed by atoms with Crippen LogP contribution in [0.15, 0.2) is 93.3 Å². The molecule has 0 aliphatic carbocycles. The Labute approximate surface area is 334 Å². The number of hydrogen-bond donors (Lipinski definition) is 2. The van der Waals surface area contributed by atoms with Gasteiger partial charge < -0.3 is 29.6 Å². The van der Waals surface area contributed by atoms with E-state index in [2.05, 4.69) is 31.1 Å². The zero-order valence-corrected chi connectivity index (χ0v) is 33.2. The van der Waals surface area contributed by atoms with Gasteiger partial charge in [0.05, 0.1) is 42.2 Å². The van der Waals surface area contributed by atoms with E-state index in [9.17, 15) is 19.2 Å². The van der Waals surface area contributed by atoms with Crippen molar-refractivity contribution in [3.63, 3.8) is 0 Å². The first-order valence-electron chi connectivity index (χ1n) is 17.7. The molecule has 0 heterocycles. The SMILES string of the molecule is CCOc1cc(NC(=O)C(N=Nc2ccc(-c3cc(Cl)c(N=NC(C(C)=O)C(=O)Nc4cc(OCC)cc(OCC)c4)cc3Cl)cc2)C(C)=O)cc(OCC)c1. The van der Waals surface area contributed by atoms with Gasteiger partial charge in [-0.1, -0.05) is 35.3 Å². The molecule has 14 nitrogen and oxygen atoms in total. The van der Waals surface area contributed by atoms with Gasteiger partial charge >= 0.3 is 0 Å². The number of benzene rings is 4. The van der Waals surface area contributed by atoms with Crippen LogP contribution in [0, 0.1) is 0 Å². The fourth-order valence-corrected chi connectivity index (χ4v) is 5.60. The molecule has 0 spiro atoms. The van der Waals surface area contributed by atoms with Gasteiger partial charge in [0.2, 0.25) is 12.1 Å². The molecular weight excluding hydrogens is 763 g/mol. The first-order valence-corrected chi connectivity index (χ1v) is 18.5. The van der Waals surface area contributed by atoms with Crippen molar-refractivity contribution in [1.29, 1.82) is 0 Å². The van der Waals surface area contributed by atoms with E-state index < -0.39 is 35.5 Å². The number of anilines is 2. The summed E-state index contributed by atoms with van der Waals surface area (Å²) in [5.74, 6) is -0.494. The molecule has 4 rings (SSSR count). The van der Waals surface area contributed by atoms with E-state index in [-0.39, 0.29) is 15.7 Å². The van der Waals surface area contributed by atoms with Crippen molar-refractivity contribution in [3.05, 3.63) is 82.8 Å². The summed E-state index contributed by atoms with van der Waals surface area (Å²) in [6.07, 6.45) is 0. The third-order valence-electron chi connectivity index (χ3n) is 7.59. The second kappa shape index (κ2) is 20.7. The van der Waals surface area contributed by atoms with Crippen molar-refractivity contribution in [3.8, 4) is 34.1 Å². The summed E-state index contributed by atoms with van der Waals surface area (Å²) in [6.45, 7) is 11.4. The summed E-state index contributed by atoms with van der Waals surface area (Å²) in [5.41, 5.74) is 2.42. The Morgan fingerprint density at radius 3 is 1.38 bits per heavy atom. The van der Waals surface area contributed by atoms with Gasteiger partial charge in [-0.05, 0) is 71.4 Å². The van der Waals surface area contributed by atoms with Crippen LogP contribution in [0.1, 0.15) is 41.5 Å². The number of halogens is 2.